The molecule has 1 aliphatic rings. The van der Waals surface area contributed by atoms with E-state index in [1.54, 1.807) is 6.92 Å². The molecule has 0 saturated heterocycles. The highest BCUT2D eigenvalue weighted by molar-refractivity contribution is 7.92. The molecule has 0 aromatic heterocycles. The van der Waals surface area contributed by atoms with Gasteiger partial charge in [-0.1, -0.05) is 55.2 Å². The molecule has 8 heteroatoms. The Labute approximate surface area is 201 Å². The molecule has 2 atom stereocenters. The third-order valence-electron chi connectivity index (χ3n) is 5.93. The molecule has 0 spiro atoms. The molecule has 3 rings (SSSR count). The number of hydrogen-bond donors (Lipinski definition) is 1. The van der Waals surface area contributed by atoms with Crippen LogP contribution in [0.25, 0.3) is 0 Å². The molecule has 5 nitrogen and oxygen atoms in total. The molecule has 1 aliphatic carbocycles. The number of sulfonamides is 1. The fraction of sp³-hybridized carbons (Fsp3) is 0.458. The van der Waals surface area contributed by atoms with Crippen molar-refractivity contribution in [1.29, 1.82) is 0 Å². The van der Waals surface area contributed by atoms with E-state index in [2.05, 4.69) is 23.5 Å². The number of nitrogens with one attached hydrogen (secondary N) is 1. The van der Waals surface area contributed by atoms with E-state index < -0.39 is 16.1 Å². The van der Waals surface area contributed by atoms with Gasteiger partial charge in [-0.15, -0.1) is 0 Å². The Bertz CT molecular complexity index is 1070. The van der Waals surface area contributed by atoms with Crippen molar-refractivity contribution in [3.63, 3.8) is 0 Å². The van der Waals surface area contributed by atoms with Gasteiger partial charge in [-0.2, -0.15) is 0 Å². The lowest BCUT2D eigenvalue weighted by molar-refractivity contribution is -0.123. The lowest BCUT2D eigenvalue weighted by atomic mass is 9.88. The minimum absolute atomic E-state index is 0.201. The molecule has 0 unspecified atom stereocenters. The number of carbonyl (C=O) groups excluding carboxylic acids is 1. The molecule has 2 aromatic carbocycles. The van der Waals surface area contributed by atoms with Crippen molar-refractivity contribution in [2.24, 2.45) is 0 Å². The molecule has 0 radical (unpaired) electrons. The maximum Gasteiger partial charge on any atom is 0.244 e. The van der Waals surface area contributed by atoms with Crippen molar-refractivity contribution in [3.05, 3.63) is 63.1 Å². The van der Waals surface area contributed by atoms with Crippen LogP contribution in [0.2, 0.25) is 10.0 Å². The maximum absolute atomic E-state index is 13.4. The smallest absolute Gasteiger partial charge is 0.244 e. The van der Waals surface area contributed by atoms with Gasteiger partial charge in [-0.05, 0) is 73.4 Å². The highest BCUT2D eigenvalue weighted by Crippen LogP contribution is 2.30. The van der Waals surface area contributed by atoms with Gasteiger partial charge in [0.15, 0.2) is 0 Å². The normalized spacial score (nSPS) is 15.5. The maximum atomic E-state index is 13.4. The van der Waals surface area contributed by atoms with E-state index in [1.165, 1.54) is 42.2 Å². The van der Waals surface area contributed by atoms with Crippen molar-refractivity contribution < 1.29 is 13.2 Å². The van der Waals surface area contributed by atoms with Gasteiger partial charge in [0.1, 0.15) is 6.04 Å². The van der Waals surface area contributed by atoms with Gasteiger partial charge in [-0.25, -0.2) is 8.42 Å². The summed E-state index contributed by atoms with van der Waals surface area (Å²) in [6, 6.07) is 9.83. The first kappa shape index (κ1) is 24.9. The summed E-state index contributed by atoms with van der Waals surface area (Å²) >= 11 is 12.2. The van der Waals surface area contributed by atoms with Gasteiger partial charge in [0.05, 0.1) is 18.0 Å². The summed E-state index contributed by atoms with van der Waals surface area (Å²) in [5.74, 6) is -0.349. The zero-order valence-corrected chi connectivity index (χ0v) is 21.0. The van der Waals surface area contributed by atoms with E-state index in [4.69, 9.17) is 23.2 Å². The van der Waals surface area contributed by atoms with E-state index in [-0.39, 0.29) is 17.6 Å². The molecular formula is C24H30Cl2N2O3S. The molecule has 0 heterocycles. The number of fused-ring (bicyclic) bond motifs is 1. The Morgan fingerprint density at radius 2 is 1.62 bits per heavy atom. The predicted octanol–water partition coefficient (Wildman–Crippen LogP) is 5.68. The standard InChI is InChI=1S/C24H30Cl2N2O3S/c1-4-22(18-11-10-16-8-6-7-9-17(16)12-18)27-24(29)23(5-2)28(32(3,30)31)21-14-19(25)13-20(26)15-21/h10-15,22-23H,4-9H2,1-3H3,(H,27,29)/t22-,23+/m1/s1. The van der Waals surface area contributed by atoms with Gasteiger partial charge >= 0.3 is 0 Å². The number of halogens is 2. The van der Waals surface area contributed by atoms with Gasteiger partial charge < -0.3 is 5.32 Å². The van der Waals surface area contributed by atoms with E-state index in [0.717, 1.165) is 29.0 Å². The quantitative estimate of drug-likeness (QED) is 0.510. The molecule has 0 aliphatic heterocycles. The van der Waals surface area contributed by atoms with Crippen LogP contribution in [-0.2, 0) is 27.7 Å². The second-order valence-corrected chi connectivity index (χ2v) is 11.0. The number of anilines is 1. The topological polar surface area (TPSA) is 66.5 Å². The van der Waals surface area contributed by atoms with Crippen molar-refractivity contribution in [3.8, 4) is 0 Å². The van der Waals surface area contributed by atoms with Crippen LogP contribution in [0, 0.1) is 0 Å². The van der Waals surface area contributed by atoms with E-state index in [1.807, 2.05) is 6.92 Å². The van der Waals surface area contributed by atoms with Crippen molar-refractivity contribution in [2.75, 3.05) is 10.6 Å². The SMILES string of the molecule is CC[C@@H](NC(=O)[C@H](CC)N(c1cc(Cl)cc(Cl)c1)S(C)(=O)=O)c1ccc2c(c1)CCCC2. The first-order valence-corrected chi connectivity index (χ1v) is 13.6. The molecule has 0 bridgehead atoms. The minimum Gasteiger partial charge on any atom is -0.347 e. The average molecular weight is 497 g/mol. The van der Waals surface area contributed by atoms with Gasteiger partial charge in [0, 0.05) is 10.0 Å². The number of hydrogen-bond acceptors (Lipinski definition) is 3. The second kappa shape index (κ2) is 10.4. The summed E-state index contributed by atoms with van der Waals surface area (Å²) in [7, 11) is -3.77. The van der Waals surface area contributed by atoms with E-state index in [0.29, 0.717) is 22.9 Å². The number of benzene rings is 2. The lowest BCUT2D eigenvalue weighted by Gasteiger charge is -2.32. The Morgan fingerprint density at radius 1 is 1.00 bits per heavy atom. The molecular weight excluding hydrogens is 467 g/mol. The third kappa shape index (κ3) is 5.77. The van der Waals surface area contributed by atoms with Crippen LogP contribution in [0.1, 0.15) is 62.3 Å². The zero-order valence-electron chi connectivity index (χ0n) is 18.7. The van der Waals surface area contributed by atoms with E-state index >= 15 is 0 Å². The van der Waals surface area contributed by atoms with Crippen LogP contribution in [0.3, 0.4) is 0 Å². The number of rotatable bonds is 8. The van der Waals surface area contributed by atoms with Gasteiger partial charge in [0.25, 0.3) is 0 Å². The minimum atomic E-state index is -3.77. The van der Waals surface area contributed by atoms with Crippen LogP contribution >= 0.6 is 23.2 Å². The summed E-state index contributed by atoms with van der Waals surface area (Å²) in [5, 5.41) is 3.69. The summed E-state index contributed by atoms with van der Waals surface area (Å²) < 4.78 is 26.5. The van der Waals surface area contributed by atoms with Crippen LogP contribution in [0.4, 0.5) is 5.69 Å². The molecule has 2 aromatic rings. The first-order valence-electron chi connectivity index (χ1n) is 11.0. The molecule has 32 heavy (non-hydrogen) atoms. The first-order chi connectivity index (χ1) is 15.1. The molecule has 1 N–H and O–H groups in total. The summed E-state index contributed by atoms with van der Waals surface area (Å²) in [4.78, 5) is 13.4. The Morgan fingerprint density at radius 3 is 2.19 bits per heavy atom. The van der Waals surface area contributed by atoms with Crippen LogP contribution in [-0.4, -0.2) is 26.6 Å². The monoisotopic (exact) mass is 496 g/mol. The fourth-order valence-corrected chi connectivity index (χ4v) is 6.10. The van der Waals surface area contributed by atoms with Gasteiger partial charge in [-0.3, -0.25) is 9.10 Å². The Balaban J connectivity index is 1.90. The van der Waals surface area contributed by atoms with Crippen LogP contribution < -0.4 is 9.62 Å². The van der Waals surface area contributed by atoms with Crippen LogP contribution in [0.15, 0.2) is 36.4 Å². The molecule has 0 fully saturated rings. The lowest BCUT2D eigenvalue weighted by Crippen LogP contribution is -2.50. The summed E-state index contributed by atoms with van der Waals surface area (Å²) in [5.41, 5.74) is 4.05. The van der Waals surface area contributed by atoms with Crippen molar-refractivity contribution in [2.45, 2.75) is 64.5 Å². The second-order valence-electron chi connectivity index (χ2n) is 8.32. The summed E-state index contributed by atoms with van der Waals surface area (Å²) in [6.45, 7) is 3.80. The number of nitrogens with zero attached hydrogens (tertiary/aromatic N) is 1. The molecule has 174 valence electrons. The highest BCUT2D eigenvalue weighted by atomic mass is 35.5. The fourth-order valence-electron chi connectivity index (χ4n) is 4.39. The van der Waals surface area contributed by atoms with Crippen molar-refractivity contribution >= 4 is 44.8 Å². The Kier molecular flexibility index (Phi) is 8.12. The zero-order chi connectivity index (χ0) is 23.5. The summed E-state index contributed by atoms with van der Waals surface area (Å²) in [6.07, 6.45) is 6.63. The van der Waals surface area contributed by atoms with Crippen molar-refractivity contribution in [1.82, 2.24) is 5.32 Å². The average Bonchev–Trinajstić information content (AvgIpc) is 2.73. The van der Waals surface area contributed by atoms with Crippen LogP contribution in [0.5, 0.6) is 0 Å². The number of amides is 1. The number of aryl methyl sites for hydroxylation is 2. The number of carbonyl (C=O) groups is 1. The molecule has 1 amide bonds. The highest BCUT2D eigenvalue weighted by Gasteiger charge is 2.33. The molecule has 0 saturated carbocycles. The predicted molar refractivity (Wildman–Crippen MR) is 132 cm³/mol. The Hall–Kier alpha value is -1.76. The van der Waals surface area contributed by atoms with E-state index in [9.17, 15) is 13.2 Å². The van der Waals surface area contributed by atoms with Gasteiger partial charge in [0.2, 0.25) is 15.9 Å². The largest absolute Gasteiger partial charge is 0.347 e. The third-order valence-corrected chi connectivity index (χ3v) is 7.55.